The summed E-state index contributed by atoms with van der Waals surface area (Å²) < 4.78 is 5.01. The Balaban J connectivity index is 3.60. The van der Waals surface area contributed by atoms with Crippen LogP contribution in [0.15, 0.2) is 0 Å². The van der Waals surface area contributed by atoms with Crippen molar-refractivity contribution in [2.75, 3.05) is 39.9 Å². The molecule has 3 nitrogen and oxygen atoms in total. The van der Waals surface area contributed by atoms with E-state index < -0.39 is 0 Å². The number of nitrogens with one attached hydrogen (secondary N) is 1. The van der Waals surface area contributed by atoms with E-state index in [9.17, 15) is 0 Å². The van der Waals surface area contributed by atoms with Crippen LogP contribution in [0.25, 0.3) is 0 Å². The molecule has 1 N–H and O–H groups in total. The van der Waals surface area contributed by atoms with Crippen molar-refractivity contribution in [3.05, 3.63) is 0 Å². The Labute approximate surface area is 108 Å². The number of nitrogens with zero attached hydrogens (tertiary/aromatic N) is 1. The van der Waals surface area contributed by atoms with Crippen molar-refractivity contribution >= 4 is 0 Å². The highest BCUT2D eigenvalue weighted by atomic mass is 16.5. The average Bonchev–Trinajstić information content (AvgIpc) is 2.36. The monoisotopic (exact) mass is 244 g/mol. The maximum atomic E-state index is 5.01. The summed E-state index contributed by atoms with van der Waals surface area (Å²) in [6.07, 6.45) is 5.10. The molecule has 0 saturated carbocycles. The second kappa shape index (κ2) is 12.3. The molecule has 3 heteroatoms. The van der Waals surface area contributed by atoms with Gasteiger partial charge in [0.25, 0.3) is 0 Å². The molecule has 17 heavy (non-hydrogen) atoms. The third kappa shape index (κ3) is 9.57. The summed E-state index contributed by atoms with van der Waals surface area (Å²) in [6, 6.07) is 0.723. The number of methoxy groups -OCH3 is 1. The first kappa shape index (κ1) is 16.9. The predicted molar refractivity (Wildman–Crippen MR) is 75.6 cm³/mol. The fraction of sp³-hybridized carbons (Fsp3) is 1.00. The number of ether oxygens (including phenoxy) is 1. The maximum absolute atomic E-state index is 5.01. The van der Waals surface area contributed by atoms with Crippen molar-refractivity contribution in [2.24, 2.45) is 0 Å². The first-order valence-electron chi connectivity index (χ1n) is 7.19. The van der Waals surface area contributed by atoms with Gasteiger partial charge in [0, 0.05) is 19.7 Å². The molecule has 0 aliphatic heterocycles. The molecule has 0 aliphatic carbocycles. The van der Waals surface area contributed by atoms with Crippen molar-refractivity contribution in [1.82, 2.24) is 10.2 Å². The summed E-state index contributed by atoms with van der Waals surface area (Å²) in [4.78, 5) is 2.63. The molecule has 0 aromatic heterocycles. The van der Waals surface area contributed by atoms with E-state index in [4.69, 9.17) is 4.74 Å². The van der Waals surface area contributed by atoms with Gasteiger partial charge >= 0.3 is 0 Å². The largest absolute Gasteiger partial charge is 0.383 e. The third-order valence-corrected chi connectivity index (χ3v) is 3.29. The molecule has 0 amide bonds. The molecule has 0 radical (unpaired) electrons. The first-order chi connectivity index (χ1) is 8.26. The van der Waals surface area contributed by atoms with Gasteiger partial charge in [0.15, 0.2) is 0 Å². The van der Waals surface area contributed by atoms with E-state index in [0.717, 1.165) is 25.7 Å². The summed E-state index contributed by atoms with van der Waals surface area (Å²) in [5, 5.41) is 3.40. The van der Waals surface area contributed by atoms with Crippen LogP contribution in [-0.2, 0) is 4.74 Å². The second-order valence-corrected chi connectivity index (χ2v) is 4.74. The molecule has 0 saturated heterocycles. The van der Waals surface area contributed by atoms with Crippen LogP contribution in [0.3, 0.4) is 0 Å². The van der Waals surface area contributed by atoms with Gasteiger partial charge in [-0.3, -0.25) is 0 Å². The van der Waals surface area contributed by atoms with Crippen molar-refractivity contribution in [1.29, 1.82) is 0 Å². The second-order valence-electron chi connectivity index (χ2n) is 4.74. The van der Waals surface area contributed by atoms with E-state index in [1.807, 2.05) is 0 Å². The topological polar surface area (TPSA) is 24.5 Å². The lowest BCUT2D eigenvalue weighted by atomic mass is 10.2. The Morgan fingerprint density at radius 3 is 2.41 bits per heavy atom. The van der Waals surface area contributed by atoms with Crippen molar-refractivity contribution < 1.29 is 4.74 Å². The van der Waals surface area contributed by atoms with Crippen molar-refractivity contribution in [3.8, 4) is 0 Å². The van der Waals surface area contributed by atoms with Gasteiger partial charge in [-0.2, -0.15) is 0 Å². The molecule has 0 aliphatic rings. The van der Waals surface area contributed by atoms with Gasteiger partial charge in [-0.15, -0.1) is 0 Å². The number of rotatable bonds is 12. The third-order valence-electron chi connectivity index (χ3n) is 3.29. The Morgan fingerprint density at radius 2 is 1.82 bits per heavy atom. The van der Waals surface area contributed by atoms with Crippen LogP contribution >= 0.6 is 0 Å². The summed E-state index contributed by atoms with van der Waals surface area (Å²) in [5.41, 5.74) is 0. The van der Waals surface area contributed by atoms with Gasteiger partial charge in [-0.1, -0.05) is 20.3 Å². The van der Waals surface area contributed by atoms with Crippen LogP contribution < -0.4 is 5.32 Å². The van der Waals surface area contributed by atoms with Crippen LogP contribution in [0.4, 0.5) is 0 Å². The minimum atomic E-state index is 0.723. The van der Waals surface area contributed by atoms with Gasteiger partial charge < -0.3 is 15.0 Å². The molecule has 1 atom stereocenters. The van der Waals surface area contributed by atoms with Gasteiger partial charge in [-0.05, 0) is 45.8 Å². The fourth-order valence-electron chi connectivity index (χ4n) is 1.88. The van der Waals surface area contributed by atoms with E-state index in [1.54, 1.807) is 7.11 Å². The molecule has 0 aromatic carbocycles. The van der Waals surface area contributed by atoms with E-state index in [-0.39, 0.29) is 0 Å². The number of unbranched alkanes of at least 4 members (excludes halogenated alkanes) is 1. The Bertz CT molecular complexity index is 153. The van der Waals surface area contributed by atoms with Crippen molar-refractivity contribution in [3.63, 3.8) is 0 Å². The standard InChI is InChI=1S/C14H32N2O/c1-5-7-11-16(14(3)6-2)12-8-9-15-10-13-17-4/h14-15H,5-13H2,1-4H3. The highest BCUT2D eigenvalue weighted by Gasteiger charge is 2.10. The number of hydrogen-bond acceptors (Lipinski definition) is 3. The lowest BCUT2D eigenvalue weighted by molar-refractivity contribution is 0.190. The molecular formula is C14H32N2O. The fourth-order valence-corrected chi connectivity index (χ4v) is 1.88. The molecule has 104 valence electrons. The smallest absolute Gasteiger partial charge is 0.0587 e. The molecule has 0 spiro atoms. The Kier molecular flexibility index (Phi) is 12.3. The lowest BCUT2D eigenvalue weighted by Gasteiger charge is -2.28. The zero-order valence-corrected chi connectivity index (χ0v) is 12.3. The van der Waals surface area contributed by atoms with Gasteiger partial charge in [0.1, 0.15) is 0 Å². The summed E-state index contributed by atoms with van der Waals surface area (Å²) in [7, 11) is 1.75. The molecule has 0 fully saturated rings. The Hall–Kier alpha value is -0.120. The van der Waals surface area contributed by atoms with Crippen molar-refractivity contribution in [2.45, 2.75) is 52.5 Å². The zero-order valence-electron chi connectivity index (χ0n) is 12.3. The summed E-state index contributed by atoms with van der Waals surface area (Å²) >= 11 is 0. The minimum Gasteiger partial charge on any atom is -0.383 e. The molecular weight excluding hydrogens is 212 g/mol. The normalized spacial score (nSPS) is 13.2. The highest BCUT2D eigenvalue weighted by molar-refractivity contribution is 4.66. The van der Waals surface area contributed by atoms with Crippen LogP contribution in [0, 0.1) is 0 Å². The van der Waals surface area contributed by atoms with Crippen LogP contribution in [0.2, 0.25) is 0 Å². The quantitative estimate of drug-likeness (QED) is 0.534. The number of hydrogen-bond donors (Lipinski definition) is 1. The van der Waals surface area contributed by atoms with E-state index in [1.165, 1.54) is 38.8 Å². The molecule has 1 unspecified atom stereocenters. The van der Waals surface area contributed by atoms with Gasteiger partial charge in [0.05, 0.1) is 6.61 Å². The van der Waals surface area contributed by atoms with E-state index >= 15 is 0 Å². The molecule has 0 heterocycles. The molecule has 0 bridgehead atoms. The SMILES string of the molecule is CCCCN(CCCNCCOC)C(C)CC. The van der Waals surface area contributed by atoms with Crippen LogP contribution in [-0.4, -0.2) is 50.8 Å². The minimum absolute atomic E-state index is 0.723. The van der Waals surface area contributed by atoms with Crippen LogP contribution in [0.5, 0.6) is 0 Å². The summed E-state index contributed by atoms with van der Waals surface area (Å²) in [5.74, 6) is 0. The van der Waals surface area contributed by atoms with Gasteiger partial charge in [0.2, 0.25) is 0 Å². The summed E-state index contributed by atoms with van der Waals surface area (Å²) in [6.45, 7) is 12.2. The molecule has 0 rings (SSSR count). The first-order valence-corrected chi connectivity index (χ1v) is 7.19. The Morgan fingerprint density at radius 1 is 1.12 bits per heavy atom. The van der Waals surface area contributed by atoms with Gasteiger partial charge in [-0.25, -0.2) is 0 Å². The van der Waals surface area contributed by atoms with Crippen LogP contribution in [0.1, 0.15) is 46.5 Å². The zero-order chi connectivity index (χ0) is 12.9. The van der Waals surface area contributed by atoms with E-state index in [0.29, 0.717) is 0 Å². The van der Waals surface area contributed by atoms with E-state index in [2.05, 4.69) is 31.0 Å². The highest BCUT2D eigenvalue weighted by Crippen LogP contribution is 2.06. The predicted octanol–water partition coefficient (Wildman–Crippen LogP) is 2.51. The lowest BCUT2D eigenvalue weighted by Crippen LogP contribution is -2.35. The maximum Gasteiger partial charge on any atom is 0.0587 e. The average molecular weight is 244 g/mol. The molecule has 0 aromatic rings.